The molecular weight excluding hydrogens is 322 g/mol. The van der Waals surface area contributed by atoms with E-state index in [4.69, 9.17) is 10.00 Å². The van der Waals surface area contributed by atoms with E-state index >= 15 is 0 Å². The summed E-state index contributed by atoms with van der Waals surface area (Å²) < 4.78 is 5.49. The van der Waals surface area contributed by atoms with Gasteiger partial charge in [0.1, 0.15) is 5.75 Å². The summed E-state index contributed by atoms with van der Waals surface area (Å²) in [5, 5.41) is 9.09. The molecule has 26 heavy (non-hydrogen) atoms. The Labute approximate surface area is 155 Å². The maximum atomic E-state index is 12.4. The van der Waals surface area contributed by atoms with Crippen LogP contribution in [0.15, 0.2) is 42.5 Å². The van der Waals surface area contributed by atoms with Crippen LogP contribution in [0.25, 0.3) is 0 Å². The first-order chi connectivity index (χ1) is 12.6. The van der Waals surface area contributed by atoms with E-state index in [1.54, 1.807) is 18.2 Å². The number of nitriles is 1. The van der Waals surface area contributed by atoms with Gasteiger partial charge >= 0.3 is 5.97 Å². The molecule has 0 amide bonds. The molecule has 1 aliphatic rings. The lowest BCUT2D eigenvalue weighted by Gasteiger charge is -2.26. The standard InChI is InChI=1S/C23H25NO2/c1-3-17-14-22(13-12-21(17)15-24)26-23(25)20-10-8-19(9-11-20)18-6-4-16(2)5-7-18/h8-14,16,18H,3-7H2,1-2H3. The molecule has 2 aromatic carbocycles. The zero-order valence-corrected chi connectivity index (χ0v) is 15.5. The highest BCUT2D eigenvalue weighted by Crippen LogP contribution is 2.35. The number of esters is 1. The van der Waals surface area contributed by atoms with Crippen molar-refractivity contribution in [2.24, 2.45) is 5.92 Å². The van der Waals surface area contributed by atoms with Gasteiger partial charge in [0.25, 0.3) is 0 Å². The predicted octanol–water partition coefficient (Wildman–Crippen LogP) is 5.63. The fraction of sp³-hybridized carbons (Fsp3) is 0.391. The van der Waals surface area contributed by atoms with E-state index in [1.165, 1.54) is 31.2 Å². The molecule has 0 bridgehead atoms. The van der Waals surface area contributed by atoms with Crippen LogP contribution in [-0.4, -0.2) is 5.97 Å². The van der Waals surface area contributed by atoms with Crippen molar-refractivity contribution in [3.8, 4) is 11.8 Å². The maximum absolute atomic E-state index is 12.4. The minimum Gasteiger partial charge on any atom is -0.423 e. The van der Waals surface area contributed by atoms with E-state index in [9.17, 15) is 4.79 Å². The lowest BCUT2D eigenvalue weighted by Crippen LogP contribution is -2.12. The van der Waals surface area contributed by atoms with Gasteiger partial charge in [-0.2, -0.15) is 5.26 Å². The molecule has 0 saturated heterocycles. The number of nitrogens with zero attached hydrogens (tertiary/aromatic N) is 1. The molecule has 0 atom stereocenters. The molecule has 3 rings (SSSR count). The third kappa shape index (κ3) is 4.14. The second-order valence-corrected chi connectivity index (χ2v) is 7.25. The molecule has 3 heteroatoms. The molecule has 2 aromatic rings. The van der Waals surface area contributed by atoms with Gasteiger partial charge in [0.15, 0.2) is 0 Å². The second-order valence-electron chi connectivity index (χ2n) is 7.25. The Balaban J connectivity index is 1.68. The van der Waals surface area contributed by atoms with Gasteiger partial charge in [0, 0.05) is 0 Å². The minimum atomic E-state index is -0.361. The minimum absolute atomic E-state index is 0.361. The van der Waals surface area contributed by atoms with Crippen LogP contribution in [-0.2, 0) is 6.42 Å². The molecule has 1 aliphatic carbocycles. The highest BCUT2D eigenvalue weighted by molar-refractivity contribution is 5.91. The van der Waals surface area contributed by atoms with Crippen LogP contribution in [0.3, 0.4) is 0 Å². The van der Waals surface area contributed by atoms with Crippen LogP contribution in [0.5, 0.6) is 5.75 Å². The SMILES string of the molecule is CCc1cc(OC(=O)c2ccc(C3CCC(C)CC3)cc2)ccc1C#N. The summed E-state index contributed by atoms with van der Waals surface area (Å²) in [4.78, 5) is 12.4. The first-order valence-electron chi connectivity index (χ1n) is 9.46. The highest BCUT2D eigenvalue weighted by Gasteiger charge is 2.20. The average molecular weight is 347 g/mol. The number of carbonyl (C=O) groups is 1. The molecule has 0 unspecified atom stereocenters. The Morgan fingerprint density at radius 2 is 1.81 bits per heavy atom. The van der Waals surface area contributed by atoms with Gasteiger partial charge in [-0.15, -0.1) is 0 Å². The number of aryl methyl sites for hydroxylation is 1. The van der Waals surface area contributed by atoms with E-state index < -0.39 is 0 Å². The average Bonchev–Trinajstić information content (AvgIpc) is 2.68. The number of ether oxygens (including phenoxy) is 1. The monoisotopic (exact) mass is 347 g/mol. The van der Waals surface area contributed by atoms with E-state index in [2.05, 4.69) is 25.1 Å². The van der Waals surface area contributed by atoms with Gasteiger partial charge in [-0.1, -0.05) is 38.8 Å². The van der Waals surface area contributed by atoms with Crippen LogP contribution in [0, 0.1) is 17.2 Å². The zero-order chi connectivity index (χ0) is 18.5. The summed E-state index contributed by atoms with van der Waals surface area (Å²) in [5.41, 5.74) is 3.39. The number of benzene rings is 2. The quantitative estimate of drug-likeness (QED) is 0.532. The Morgan fingerprint density at radius 1 is 1.12 bits per heavy atom. The summed E-state index contributed by atoms with van der Waals surface area (Å²) >= 11 is 0. The molecule has 0 aliphatic heterocycles. The summed E-state index contributed by atoms with van der Waals surface area (Å²) in [6.45, 7) is 4.30. The van der Waals surface area contributed by atoms with Crippen molar-refractivity contribution in [1.82, 2.24) is 0 Å². The highest BCUT2D eigenvalue weighted by atomic mass is 16.5. The molecule has 134 valence electrons. The molecule has 0 heterocycles. The van der Waals surface area contributed by atoms with Crippen LogP contribution in [0.1, 0.15) is 72.5 Å². The van der Waals surface area contributed by atoms with E-state index in [1.807, 2.05) is 19.1 Å². The van der Waals surface area contributed by atoms with Crippen LogP contribution in [0.4, 0.5) is 0 Å². The van der Waals surface area contributed by atoms with Crippen molar-refractivity contribution in [3.63, 3.8) is 0 Å². The lowest BCUT2D eigenvalue weighted by molar-refractivity contribution is 0.0734. The molecule has 1 fully saturated rings. The predicted molar refractivity (Wildman–Crippen MR) is 102 cm³/mol. The van der Waals surface area contributed by atoms with Gasteiger partial charge in [0.2, 0.25) is 0 Å². The van der Waals surface area contributed by atoms with Crippen molar-refractivity contribution >= 4 is 5.97 Å². The molecule has 0 radical (unpaired) electrons. The summed E-state index contributed by atoms with van der Waals surface area (Å²) in [5.74, 6) is 1.57. The van der Waals surface area contributed by atoms with E-state index in [-0.39, 0.29) is 5.97 Å². The van der Waals surface area contributed by atoms with Crippen molar-refractivity contribution in [2.45, 2.75) is 51.9 Å². The second kappa shape index (κ2) is 8.19. The Kier molecular flexibility index (Phi) is 5.73. The maximum Gasteiger partial charge on any atom is 0.343 e. The lowest BCUT2D eigenvalue weighted by atomic mass is 9.79. The van der Waals surface area contributed by atoms with E-state index in [0.29, 0.717) is 22.8 Å². The topological polar surface area (TPSA) is 50.1 Å². The number of hydrogen-bond donors (Lipinski definition) is 0. The Hall–Kier alpha value is -2.60. The Morgan fingerprint density at radius 3 is 2.42 bits per heavy atom. The summed E-state index contributed by atoms with van der Waals surface area (Å²) in [7, 11) is 0. The number of hydrogen-bond acceptors (Lipinski definition) is 3. The van der Waals surface area contributed by atoms with Crippen LogP contribution < -0.4 is 4.74 Å². The first-order valence-corrected chi connectivity index (χ1v) is 9.46. The normalized spacial score (nSPS) is 19.6. The summed E-state index contributed by atoms with van der Waals surface area (Å²) in [6.07, 6.45) is 5.76. The van der Waals surface area contributed by atoms with Gasteiger partial charge in [-0.3, -0.25) is 0 Å². The van der Waals surface area contributed by atoms with Crippen molar-refractivity contribution in [3.05, 3.63) is 64.7 Å². The third-order valence-corrected chi connectivity index (χ3v) is 5.42. The molecule has 0 spiro atoms. The Bertz CT molecular complexity index is 809. The molecule has 0 N–H and O–H groups in total. The van der Waals surface area contributed by atoms with Crippen molar-refractivity contribution in [1.29, 1.82) is 5.26 Å². The fourth-order valence-electron chi connectivity index (χ4n) is 3.69. The largest absolute Gasteiger partial charge is 0.423 e. The van der Waals surface area contributed by atoms with Gasteiger partial charge in [0.05, 0.1) is 17.2 Å². The third-order valence-electron chi connectivity index (χ3n) is 5.42. The fourth-order valence-corrected chi connectivity index (χ4v) is 3.69. The molecule has 3 nitrogen and oxygen atoms in total. The van der Waals surface area contributed by atoms with Crippen molar-refractivity contribution in [2.75, 3.05) is 0 Å². The van der Waals surface area contributed by atoms with Gasteiger partial charge < -0.3 is 4.74 Å². The zero-order valence-electron chi connectivity index (χ0n) is 15.5. The van der Waals surface area contributed by atoms with Crippen LogP contribution >= 0.6 is 0 Å². The van der Waals surface area contributed by atoms with Crippen molar-refractivity contribution < 1.29 is 9.53 Å². The molecular formula is C23H25NO2. The smallest absolute Gasteiger partial charge is 0.343 e. The first kappa shape index (κ1) is 18.2. The van der Waals surface area contributed by atoms with Gasteiger partial charge in [-0.05, 0) is 72.6 Å². The molecule has 0 aromatic heterocycles. The molecule has 1 saturated carbocycles. The summed E-state index contributed by atoms with van der Waals surface area (Å²) in [6, 6.07) is 15.2. The number of carbonyl (C=O) groups excluding carboxylic acids is 1. The van der Waals surface area contributed by atoms with Gasteiger partial charge in [-0.25, -0.2) is 4.79 Å². The number of rotatable bonds is 4. The van der Waals surface area contributed by atoms with Crippen LogP contribution in [0.2, 0.25) is 0 Å². The van der Waals surface area contributed by atoms with E-state index in [0.717, 1.165) is 17.9 Å².